The number of fused-ring (bicyclic) bond motifs is 1. The zero-order chi connectivity index (χ0) is 46.8. The van der Waals surface area contributed by atoms with Crippen molar-refractivity contribution in [3.8, 4) is 0 Å². The van der Waals surface area contributed by atoms with Crippen LogP contribution in [0.5, 0.6) is 0 Å². The molecular weight excluding hydrogens is 915 g/mol. The third-order valence-electron chi connectivity index (χ3n) is 8.86. The molecule has 10 N–H and O–H groups in total. The van der Waals surface area contributed by atoms with Gasteiger partial charge in [0.2, 0.25) is 11.8 Å². The summed E-state index contributed by atoms with van der Waals surface area (Å²) in [4.78, 5) is 88.1. The van der Waals surface area contributed by atoms with E-state index in [4.69, 9.17) is 19.5 Å². The number of thioether (sulfide) groups is 1. The number of nitrogen functional groups attached to an aromatic ring is 1. The highest BCUT2D eigenvalue weighted by atomic mass is 32.2. The van der Waals surface area contributed by atoms with Crippen LogP contribution < -0.4 is 16.4 Å². The first-order chi connectivity index (χ1) is 29.6. The molecular formula is C35H56N7O17P3S. The second kappa shape index (κ2) is 25.5. The minimum absolute atomic E-state index is 0.0300. The number of nitrogens with one attached hydrogen (secondary N) is 2. The average molecular weight is 972 g/mol. The van der Waals surface area contributed by atoms with Crippen LogP contribution in [0.2, 0.25) is 0 Å². The molecule has 0 aliphatic carbocycles. The number of nitrogens with zero attached hydrogens (tertiary/aromatic N) is 4. The molecule has 1 aliphatic rings. The molecule has 354 valence electrons. The van der Waals surface area contributed by atoms with Gasteiger partial charge in [-0.1, -0.05) is 75.4 Å². The van der Waals surface area contributed by atoms with E-state index < -0.39 is 84.6 Å². The fraction of sp³-hybridized carbons (Fsp3) is 0.600. The molecule has 0 spiro atoms. The van der Waals surface area contributed by atoms with E-state index in [1.54, 1.807) is 0 Å². The van der Waals surface area contributed by atoms with Gasteiger partial charge in [-0.2, -0.15) is 4.31 Å². The van der Waals surface area contributed by atoms with Gasteiger partial charge in [0.05, 0.1) is 19.5 Å². The van der Waals surface area contributed by atoms with Crippen LogP contribution in [0.4, 0.5) is 5.82 Å². The van der Waals surface area contributed by atoms with Gasteiger partial charge in [0.25, 0.3) is 0 Å². The molecule has 2 amide bonds. The van der Waals surface area contributed by atoms with Crippen LogP contribution in [-0.2, 0) is 50.7 Å². The van der Waals surface area contributed by atoms with E-state index in [9.17, 15) is 57.9 Å². The monoisotopic (exact) mass is 971 g/mol. The van der Waals surface area contributed by atoms with Crippen molar-refractivity contribution < 1.29 is 80.5 Å². The van der Waals surface area contributed by atoms with E-state index >= 15 is 0 Å². The predicted molar refractivity (Wildman–Crippen MR) is 228 cm³/mol. The second-order valence-electron chi connectivity index (χ2n) is 14.5. The number of phosphoric acid groups is 3. The summed E-state index contributed by atoms with van der Waals surface area (Å²) in [6, 6.07) is 0. The largest absolute Gasteiger partial charge is 0.481 e. The molecule has 2 aromatic heterocycles. The number of carbonyl (C=O) groups is 3. The Hall–Kier alpha value is -3.22. The molecule has 7 atom stereocenters. The SMILES string of the molecule is CC/C=C/C=C/C=C/CCCCCC(=O)SCCNC(=O)CCNC(=O)C(O)C(C)(C)COP(=O)(O)OP(=O)(O)OCC1OC(n2cnc3c(N)ncnc32)C(O)C1OP(=O)(O)O. The number of imidazole rings is 1. The van der Waals surface area contributed by atoms with Crippen LogP contribution in [0, 0.1) is 5.41 Å². The van der Waals surface area contributed by atoms with E-state index in [1.807, 2.05) is 24.3 Å². The highest BCUT2D eigenvalue weighted by Gasteiger charge is 2.50. The highest BCUT2D eigenvalue weighted by molar-refractivity contribution is 8.13. The quantitative estimate of drug-likeness (QED) is 0.0336. The third-order valence-corrected chi connectivity index (χ3v) is 12.9. The Bertz CT molecular complexity index is 2070. The number of aromatic nitrogens is 4. The Morgan fingerprint density at radius 3 is 2.37 bits per heavy atom. The molecule has 0 saturated carbocycles. The molecule has 1 fully saturated rings. The summed E-state index contributed by atoms with van der Waals surface area (Å²) in [5.41, 5.74) is 4.27. The lowest BCUT2D eigenvalue weighted by Gasteiger charge is -2.30. The number of hydrogen-bond donors (Lipinski definition) is 9. The Labute approximate surface area is 367 Å². The summed E-state index contributed by atoms with van der Waals surface area (Å²) < 4.78 is 62.3. The first-order valence-corrected chi connectivity index (χ1v) is 25.1. The minimum Gasteiger partial charge on any atom is -0.386 e. The standard InChI is InChI=1S/C35H56N7O17P3S/c1-4-5-6-7-8-9-10-11-12-13-14-15-26(44)63-19-18-37-25(43)16-17-38-33(47)30(46)35(2,3)21-56-62(53,54)59-61(51,52)55-20-24-29(58-60(48,49)50)28(45)34(57-24)42-23-41-27-31(36)39-22-40-32(27)42/h5-10,22-24,28-30,34,45-46H,4,11-21H2,1-3H3,(H,37,43)(H,38,47)(H,51,52)(H,53,54)(H2,36,39,40)(H2,48,49,50)/b6-5+,8-7+,10-9+. The van der Waals surface area contributed by atoms with Crippen molar-refractivity contribution in [2.24, 2.45) is 5.41 Å². The lowest BCUT2D eigenvalue weighted by atomic mass is 9.87. The van der Waals surface area contributed by atoms with Crippen molar-refractivity contribution in [3.05, 3.63) is 49.1 Å². The summed E-state index contributed by atoms with van der Waals surface area (Å²) in [5.74, 6) is -1.07. The van der Waals surface area contributed by atoms with Crippen molar-refractivity contribution in [2.75, 3.05) is 37.8 Å². The summed E-state index contributed by atoms with van der Waals surface area (Å²) in [6.45, 7) is 2.59. The predicted octanol–water partition coefficient (Wildman–Crippen LogP) is 2.69. The van der Waals surface area contributed by atoms with Gasteiger partial charge in [-0.25, -0.2) is 28.6 Å². The number of carbonyl (C=O) groups excluding carboxylic acids is 3. The van der Waals surface area contributed by atoms with Crippen molar-refractivity contribution >= 4 is 69.1 Å². The van der Waals surface area contributed by atoms with Crippen molar-refractivity contribution in [3.63, 3.8) is 0 Å². The van der Waals surface area contributed by atoms with Crippen molar-refractivity contribution in [1.29, 1.82) is 0 Å². The molecule has 0 bridgehead atoms. The van der Waals surface area contributed by atoms with Crippen LogP contribution >= 0.6 is 35.2 Å². The maximum atomic E-state index is 12.7. The number of aliphatic hydroxyl groups is 2. The topological polar surface area (TPSA) is 364 Å². The lowest BCUT2D eigenvalue weighted by molar-refractivity contribution is -0.137. The van der Waals surface area contributed by atoms with Gasteiger partial charge in [-0.3, -0.25) is 32.5 Å². The number of unbranched alkanes of at least 4 members (excludes halogenated alkanes) is 3. The Kier molecular flexibility index (Phi) is 21.9. The molecule has 63 heavy (non-hydrogen) atoms. The van der Waals surface area contributed by atoms with Gasteiger partial charge >= 0.3 is 23.5 Å². The number of hydrogen-bond acceptors (Lipinski definition) is 18. The van der Waals surface area contributed by atoms with Crippen LogP contribution in [0.1, 0.15) is 71.9 Å². The Morgan fingerprint density at radius 2 is 1.67 bits per heavy atom. The molecule has 7 unspecified atom stereocenters. The molecule has 1 aliphatic heterocycles. The van der Waals surface area contributed by atoms with Gasteiger partial charge in [-0.15, -0.1) is 0 Å². The molecule has 0 radical (unpaired) electrons. The maximum absolute atomic E-state index is 12.7. The molecule has 0 aromatic carbocycles. The minimum atomic E-state index is -5.58. The smallest absolute Gasteiger partial charge is 0.386 e. The first kappa shape index (κ1) is 54.1. The van der Waals surface area contributed by atoms with Crippen molar-refractivity contribution in [2.45, 2.75) is 96.4 Å². The van der Waals surface area contributed by atoms with Crippen LogP contribution in [0.3, 0.4) is 0 Å². The Morgan fingerprint density at radius 1 is 0.968 bits per heavy atom. The van der Waals surface area contributed by atoms with E-state index in [0.717, 1.165) is 61.1 Å². The fourth-order valence-electron chi connectivity index (χ4n) is 5.59. The number of nitrogens with two attached hydrogens (primary N) is 1. The summed E-state index contributed by atoms with van der Waals surface area (Å²) in [6.07, 6.45) is 10.2. The number of phosphoric ester groups is 3. The zero-order valence-electron chi connectivity index (χ0n) is 34.8. The van der Waals surface area contributed by atoms with Gasteiger partial charge in [0.1, 0.15) is 36.3 Å². The van der Waals surface area contributed by atoms with Crippen LogP contribution in [-0.4, -0.2) is 123 Å². The molecule has 24 nitrogen and oxygen atoms in total. The van der Waals surface area contributed by atoms with Gasteiger partial charge in [0, 0.05) is 37.1 Å². The van der Waals surface area contributed by atoms with Gasteiger partial charge in [0.15, 0.2) is 22.8 Å². The average Bonchev–Trinajstić information content (AvgIpc) is 3.76. The second-order valence-corrected chi connectivity index (χ2v) is 19.9. The number of ether oxygens (including phenoxy) is 1. The number of aliphatic hydroxyl groups excluding tert-OH is 2. The maximum Gasteiger partial charge on any atom is 0.481 e. The van der Waals surface area contributed by atoms with Crippen molar-refractivity contribution in [1.82, 2.24) is 30.2 Å². The molecule has 3 rings (SSSR count). The first-order valence-electron chi connectivity index (χ1n) is 19.6. The normalized spacial score (nSPS) is 21.0. The molecule has 1 saturated heterocycles. The van der Waals surface area contributed by atoms with E-state index in [1.165, 1.54) is 13.8 Å². The zero-order valence-corrected chi connectivity index (χ0v) is 38.3. The molecule has 3 heterocycles. The van der Waals surface area contributed by atoms with E-state index in [2.05, 4.69) is 53.5 Å². The fourth-order valence-corrected chi connectivity index (χ4v) is 9.14. The van der Waals surface area contributed by atoms with E-state index in [0.29, 0.717) is 12.2 Å². The van der Waals surface area contributed by atoms with Gasteiger partial charge in [-0.05, 0) is 25.7 Å². The van der Waals surface area contributed by atoms with E-state index in [-0.39, 0.29) is 41.6 Å². The van der Waals surface area contributed by atoms with Crippen LogP contribution in [0.15, 0.2) is 49.1 Å². The number of anilines is 1. The number of rotatable bonds is 28. The summed E-state index contributed by atoms with van der Waals surface area (Å²) in [5, 5.41) is 26.5. The van der Waals surface area contributed by atoms with Crippen LogP contribution in [0.25, 0.3) is 11.2 Å². The Balaban J connectivity index is 1.37. The highest BCUT2D eigenvalue weighted by Crippen LogP contribution is 2.61. The van der Waals surface area contributed by atoms with Gasteiger partial charge < -0.3 is 50.9 Å². The summed E-state index contributed by atoms with van der Waals surface area (Å²) in [7, 11) is -16.4. The number of amides is 2. The molecule has 2 aromatic rings. The third kappa shape index (κ3) is 19.0. The summed E-state index contributed by atoms with van der Waals surface area (Å²) >= 11 is 1.12. The molecule has 28 heteroatoms. The number of allylic oxidation sites excluding steroid dienone is 6. The lowest BCUT2D eigenvalue weighted by Crippen LogP contribution is -2.46.